The summed E-state index contributed by atoms with van der Waals surface area (Å²) in [4.78, 5) is 16.6. The van der Waals surface area contributed by atoms with Crippen LogP contribution in [0, 0.1) is 13.8 Å². The maximum atomic E-state index is 11.1. The van der Waals surface area contributed by atoms with Gasteiger partial charge in [-0.15, -0.1) is 11.8 Å². The minimum Gasteiger partial charge on any atom is -0.493 e. The molecule has 0 bridgehead atoms. The van der Waals surface area contributed by atoms with Gasteiger partial charge in [0.2, 0.25) is 5.88 Å². The molecule has 1 aromatic heterocycles. The molecule has 0 aliphatic carbocycles. The molecular weight excluding hydrogens is 462 g/mol. The summed E-state index contributed by atoms with van der Waals surface area (Å²) < 4.78 is 17.0. The zero-order valence-corrected chi connectivity index (χ0v) is 21.2. The third-order valence-corrected chi connectivity index (χ3v) is 7.27. The van der Waals surface area contributed by atoms with Crippen LogP contribution in [0.15, 0.2) is 53.6 Å². The summed E-state index contributed by atoms with van der Waals surface area (Å²) in [6.45, 7) is 5.94. The molecule has 35 heavy (non-hydrogen) atoms. The lowest BCUT2D eigenvalue weighted by Gasteiger charge is -2.15. The molecule has 184 valence electrons. The Bertz CT molecular complexity index is 1170. The van der Waals surface area contributed by atoms with E-state index in [0.717, 1.165) is 50.6 Å². The van der Waals surface area contributed by atoms with Crippen molar-refractivity contribution in [1.29, 1.82) is 0 Å². The molecule has 0 spiro atoms. The Morgan fingerprint density at radius 3 is 2.66 bits per heavy atom. The Labute approximate surface area is 210 Å². The molecule has 0 amide bonds. The van der Waals surface area contributed by atoms with Gasteiger partial charge < -0.3 is 19.3 Å². The molecule has 1 aliphatic heterocycles. The first-order valence-corrected chi connectivity index (χ1v) is 12.7. The standard InChI is InChI=1S/C28H31NO5S/c1-18-10-23(33-9-5-8-32-3)11-19(2)28(18)21-7-4-6-20(12-21)16-34-26-14-25-24(15-29-26)22(17-35-25)13-27(30)31/h4,6-7,10-12,14-15,22H,5,8-9,13,16-17H2,1-3H3,(H,30,31)/t22-/m0/s1. The highest BCUT2D eigenvalue weighted by molar-refractivity contribution is 7.99. The van der Waals surface area contributed by atoms with Crippen LogP contribution in [0.25, 0.3) is 11.1 Å². The third-order valence-electron chi connectivity index (χ3n) is 6.04. The fourth-order valence-electron chi connectivity index (χ4n) is 4.43. The molecule has 4 rings (SSSR count). The number of pyridine rings is 1. The summed E-state index contributed by atoms with van der Waals surface area (Å²) in [7, 11) is 1.70. The van der Waals surface area contributed by atoms with Crippen LogP contribution in [-0.4, -0.2) is 42.1 Å². The molecular formula is C28H31NO5S. The van der Waals surface area contributed by atoms with E-state index >= 15 is 0 Å². The summed E-state index contributed by atoms with van der Waals surface area (Å²) in [5.41, 5.74) is 6.73. The van der Waals surface area contributed by atoms with Crippen LogP contribution in [0.2, 0.25) is 0 Å². The van der Waals surface area contributed by atoms with Gasteiger partial charge in [0.1, 0.15) is 12.4 Å². The van der Waals surface area contributed by atoms with Crippen molar-refractivity contribution in [1.82, 2.24) is 4.98 Å². The van der Waals surface area contributed by atoms with Gasteiger partial charge in [-0.05, 0) is 65.4 Å². The Hall–Kier alpha value is -3.03. The highest BCUT2D eigenvalue weighted by Gasteiger charge is 2.26. The van der Waals surface area contributed by atoms with Crippen LogP contribution in [0.4, 0.5) is 0 Å². The molecule has 0 fully saturated rings. The smallest absolute Gasteiger partial charge is 0.303 e. The summed E-state index contributed by atoms with van der Waals surface area (Å²) >= 11 is 1.67. The predicted octanol–water partition coefficient (Wildman–Crippen LogP) is 6.02. The normalized spacial score (nSPS) is 14.5. The van der Waals surface area contributed by atoms with E-state index in [2.05, 4.69) is 43.1 Å². The zero-order valence-electron chi connectivity index (χ0n) is 20.4. The lowest BCUT2D eigenvalue weighted by Crippen LogP contribution is -2.06. The summed E-state index contributed by atoms with van der Waals surface area (Å²) in [5.74, 6) is 1.44. The van der Waals surface area contributed by atoms with E-state index in [4.69, 9.17) is 19.3 Å². The quantitative estimate of drug-likeness (QED) is 0.327. The molecule has 2 aromatic carbocycles. The minimum atomic E-state index is -0.779. The first kappa shape index (κ1) is 25.1. The molecule has 3 aromatic rings. The molecule has 1 atom stereocenters. The highest BCUT2D eigenvalue weighted by atomic mass is 32.2. The van der Waals surface area contributed by atoms with Crippen LogP contribution < -0.4 is 9.47 Å². The van der Waals surface area contributed by atoms with E-state index < -0.39 is 5.97 Å². The number of rotatable bonds is 11. The maximum absolute atomic E-state index is 11.1. The van der Waals surface area contributed by atoms with Crippen molar-refractivity contribution in [2.45, 2.75) is 44.1 Å². The van der Waals surface area contributed by atoms with Crippen LogP contribution in [0.5, 0.6) is 11.6 Å². The average Bonchev–Trinajstić information content (AvgIpc) is 3.22. The number of carboxylic acid groups (broad SMARTS) is 1. The SMILES string of the molecule is COCCCOc1cc(C)c(-c2cccc(COc3cc4c(cn3)[C@@H](CC(=O)O)CS4)c2)c(C)c1. The van der Waals surface area contributed by atoms with Gasteiger partial charge in [0.05, 0.1) is 13.0 Å². The first-order chi connectivity index (χ1) is 16.9. The largest absolute Gasteiger partial charge is 0.493 e. The van der Waals surface area contributed by atoms with Gasteiger partial charge in [-0.3, -0.25) is 4.79 Å². The number of benzene rings is 2. The molecule has 1 N–H and O–H groups in total. The second kappa shape index (κ2) is 11.6. The lowest BCUT2D eigenvalue weighted by atomic mass is 9.94. The number of thioether (sulfide) groups is 1. The maximum Gasteiger partial charge on any atom is 0.303 e. The summed E-state index contributed by atoms with van der Waals surface area (Å²) in [6.07, 6.45) is 2.76. The van der Waals surface area contributed by atoms with Gasteiger partial charge in [0.15, 0.2) is 0 Å². The molecule has 6 nitrogen and oxygen atoms in total. The topological polar surface area (TPSA) is 77.9 Å². The fourth-order valence-corrected chi connectivity index (χ4v) is 5.68. The molecule has 0 radical (unpaired) electrons. The van der Waals surface area contributed by atoms with Crippen LogP contribution in [0.3, 0.4) is 0 Å². The lowest BCUT2D eigenvalue weighted by molar-refractivity contribution is -0.137. The summed E-state index contributed by atoms with van der Waals surface area (Å²) in [6, 6.07) is 14.5. The Morgan fingerprint density at radius 1 is 1.11 bits per heavy atom. The van der Waals surface area contributed by atoms with E-state index in [1.54, 1.807) is 25.1 Å². The number of hydrogen-bond donors (Lipinski definition) is 1. The van der Waals surface area contributed by atoms with Crippen molar-refractivity contribution >= 4 is 17.7 Å². The van der Waals surface area contributed by atoms with Crippen LogP contribution in [0.1, 0.15) is 41.0 Å². The predicted molar refractivity (Wildman–Crippen MR) is 138 cm³/mol. The monoisotopic (exact) mass is 493 g/mol. The van der Waals surface area contributed by atoms with Gasteiger partial charge in [-0.2, -0.15) is 0 Å². The molecule has 2 heterocycles. The number of aliphatic carboxylic acids is 1. The van der Waals surface area contributed by atoms with E-state index in [1.165, 1.54) is 5.56 Å². The Kier molecular flexibility index (Phi) is 8.31. The fraction of sp³-hybridized carbons (Fsp3) is 0.357. The van der Waals surface area contributed by atoms with Crippen molar-refractivity contribution in [3.05, 3.63) is 70.9 Å². The van der Waals surface area contributed by atoms with E-state index in [-0.39, 0.29) is 12.3 Å². The highest BCUT2D eigenvalue weighted by Crippen LogP contribution is 2.42. The van der Waals surface area contributed by atoms with Gasteiger partial charge >= 0.3 is 5.97 Å². The number of carboxylic acids is 1. The van der Waals surface area contributed by atoms with Gasteiger partial charge in [-0.1, -0.05) is 18.2 Å². The van der Waals surface area contributed by atoms with Gasteiger partial charge in [-0.25, -0.2) is 4.98 Å². The molecule has 0 saturated heterocycles. The van der Waals surface area contributed by atoms with E-state index in [1.807, 2.05) is 18.2 Å². The number of nitrogens with zero attached hydrogens (tertiary/aromatic N) is 1. The number of carbonyl (C=O) groups is 1. The zero-order chi connectivity index (χ0) is 24.8. The number of ether oxygens (including phenoxy) is 3. The number of fused-ring (bicyclic) bond motifs is 1. The molecule has 7 heteroatoms. The van der Waals surface area contributed by atoms with Crippen molar-refractivity contribution < 1.29 is 24.1 Å². The molecule has 0 saturated carbocycles. The second-order valence-electron chi connectivity index (χ2n) is 8.78. The Morgan fingerprint density at radius 2 is 1.91 bits per heavy atom. The number of aromatic nitrogens is 1. The van der Waals surface area contributed by atoms with Crippen LogP contribution in [-0.2, 0) is 16.1 Å². The van der Waals surface area contributed by atoms with Crippen molar-refractivity contribution in [3.8, 4) is 22.8 Å². The second-order valence-corrected chi connectivity index (χ2v) is 9.84. The van der Waals surface area contributed by atoms with Gasteiger partial charge in [0.25, 0.3) is 0 Å². The number of aryl methyl sites for hydroxylation is 2. The van der Waals surface area contributed by atoms with E-state index in [0.29, 0.717) is 25.7 Å². The first-order valence-electron chi connectivity index (χ1n) is 11.7. The third kappa shape index (κ3) is 6.35. The van der Waals surface area contributed by atoms with E-state index in [9.17, 15) is 4.79 Å². The van der Waals surface area contributed by atoms with Crippen molar-refractivity contribution in [2.24, 2.45) is 0 Å². The average molecular weight is 494 g/mol. The van der Waals surface area contributed by atoms with Crippen LogP contribution >= 0.6 is 11.8 Å². The van der Waals surface area contributed by atoms with Crippen molar-refractivity contribution in [2.75, 3.05) is 26.1 Å². The Balaban J connectivity index is 1.43. The molecule has 1 aliphatic rings. The summed E-state index contributed by atoms with van der Waals surface area (Å²) in [5, 5.41) is 9.10. The minimum absolute atomic E-state index is 0.0133. The number of methoxy groups -OCH3 is 1. The molecule has 0 unspecified atom stereocenters. The van der Waals surface area contributed by atoms with Gasteiger partial charge in [0, 0.05) is 49.0 Å². The number of hydrogen-bond acceptors (Lipinski definition) is 6. The van der Waals surface area contributed by atoms with Crippen molar-refractivity contribution in [3.63, 3.8) is 0 Å².